The summed E-state index contributed by atoms with van der Waals surface area (Å²) in [5.74, 6) is 0. The summed E-state index contributed by atoms with van der Waals surface area (Å²) in [5, 5.41) is 17.8. The highest BCUT2D eigenvalue weighted by molar-refractivity contribution is 6.58. The number of benzene rings is 1. The highest BCUT2D eigenvalue weighted by Crippen LogP contribution is 2.35. The van der Waals surface area contributed by atoms with Crippen LogP contribution in [0.3, 0.4) is 0 Å². The van der Waals surface area contributed by atoms with Gasteiger partial charge in [0.2, 0.25) is 0 Å². The van der Waals surface area contributed by atoms with Crippen LogP contribution < -0.4 is 5.46 Å². The molecule has 1 heterocycles. The van der Waals surface area contributed by atoms with Crippen molar-refractivity contribution in [2.24, 2.45) is 0 Å². The van der Waals surface area contributed by atoms with Crippen LogP contribution in [0, 0.1) is 0 Å². The van der Waals surface area contributed by atoms with Crippen LogP contribution in [-0.2, 0) is 6.18 Å². The van der Waals surface area contributed by atoms with Gasteiger partial charge in [-0.25, -0.2) is 0 Å². The van der Waals surface area contributed by atoms with Crippen molar-refractivity contribution in [2.75, 3.05) is 0 Å². The van der Waals surface area contributed by atoms with Crippen LogP contribution in [-0.4, -0.2) is 22.2 Å². The predicted molar refractivity (Wildman–Crippen MR) is 64.5 cm³/mol. The maximum Gasteiger partial charge on any atom is 0.490 e. The monoisotopic (exact) mass is 267 g/mol. The van der Waals surface area contributed by atoms with Gasteiger partial charge in [-0.2, -0.15) is 13.2 Å². The van der Waals surface area contributed by atoms with Crippen LogP contribution >= 0.6 is 0 Å². The molecule has 0 bridgehead atoms. The third kappa shape index (κ3) is 2.94. The molecule has 1 aromatic carbocycles. The summed E-state index contributed by atoms with van der Waals surface area (Å²) >= 11 is 0. The summed E-state index contributed by atoms with van der Waals surface area (Å²) in [4.78, 5) is 3.82. The van der Waals surface area contributed by atoms with Crippen LogP contribution in [0.15, 0.2) is 42.6 Å². The number of aromatic nitrogens is 1. The number of hydrogen-bond acceptors (Lipinski definition) is 3. The van der Waals surface area contributed by atoms with Crippen LogP contribution in [0.4, 0.5) is 13.2 Å². The third-order valence-corrected chi connectivity index (χ3v) is 2.59. The van der Waals surface area contributed by atoms with Gasteiger partial charge in [0.25, 0.3) is 0 Å². The second-order valence-corrected chi connectivity index (χ2v) is 3.89. The summed E-state index contributed by atoms with van der Waals surface area (Å²) in [6.07, 6.45) is -3.33. The van der Waals surface area contributed by atoms with Crippen molar-refractivity contribution in [3.05, 3.63) is 48.2 Å². The molecular weight excluding hydrogens is 258 g/mol. The smallest absolute Gasteiger partial charge is 0.423 e. The maximum atomic E-state index is 12.8. The largest absolute Gasteiger partial charge is 0.490 e. The molecule has 0 spiro atoms. The summed E-state index contributed by atoms with van der Waals surface area (Å²) in [6.45, 7) is 0. The van der Waals surface area contributed by atoms with E-state index in [-0.39, 0.29) is 16.7 Å². The Balaban J connectivity index is 2.48. The highest BCUT2D eigenvalue weighted by atomic mass is 19.4. The van der Waals surface area contributed by atoms with Crippen molar-refractivity contribution in [1.82, 2.24) is 4.98 Å². The second-order valence-electron chi connectivity index (χ2n) is 3.89. The van der Waals surface area contributed by atoms with Gasteiger partial charge in [-0.3, -0.25) is 4.98 Å². The first-order valence-electron chi connectivity index (χ1n) is 5.38. The van der Waals surface area contributed by atoms with E-state index >= 15 is 0 Å². The molecule has 98 valence electrons. The fourth-order valence-corrected chi connectivity index (χ4v) is 1.67. The van der Waals surface area contributed by atoms with E-state index in [1.165, 1.54) is 30.3 Å². The Hall–Kier alpha value is -1.86. The molecule has 0 unspecified atom stereocenters. The molecular formula is C12H9BF3NO2. The first-order chi connectivity index (χ1) is 8.89. The number of halogens is 3. The molecule has 2 N–H and O–H groups in total. The van der Waals surface area contributed by atoms with Gasteiger partial charge >= 0.3 is 13.3 Å². The molecule has 0 aliphatic heterocycles. The van der Waals surface area contributed by atoms with Crippen LogP contribution in [0.2, 0.25) is 0 Å². The first kappa shape index (κ1) is 13.6. The Labute approximate surface area is 107 Å². The fraction of sp³-hybridized carbons (Fsp3) is 0.0833. The van der Waals surface area contributed by atoms with Crippen molar-refractivity contribution in [2.45, 2.75) is 6.18 Å². The molecule has 7 heteroatoms. The molecule has 0 aliphatic rings. The molecule has 3 nitrogen and oxygen atoms in total. The third-order valence-electron chi connectivity index (χ3n) is 2.59. The second kappa shape index (κ2) is 5.03. The van der Waals surface area contributed by atoms with Gasteiger partial charge in [0, 0.05) is 17.2 Å². The number of nitrogens with zero attached hydrogens (tertiary/aromatic N) is 1. The summed E-state index contributed by atoms with van der Waals surface area (Å²) in [5.41, 5.74) is -0.584. The average molecular weight is 267 g/mol. The van der Waals surface area contributed by atoms with Crippen molar-refractivity contribution in [1.29, 1.82) is 0 Å². The molecule has 0 saturated carbocycles. The van der Waals surface area contributed by atoms with Crippen molar-refractivity contribution >= 4 is 12.6 Å². The van der Waals surface area contributed by atoms with Gasteiger partial charge in [-0.05, 0) is 12.1 Å². The molecule has 1 aromatic heterocycles. The van der Waals surface area contributed by atoms with Gasteiger partial charge in [-0.15, -0.1) is 0 Å². The molecule has 2 aromatic rings. The fourth-order valence-electron chi connectivity index (χ4n) is 1.67. The van der Waals surface area contributed by atoms with Gasteiger partial charge in [0.05, 0.1) is 11.3 Å². The van der Waals surface area contributed by atoms with E-state index in [0.717, 1.165) is 12.3 Å². The van der Waals surface area contributed by atoms with E-state index in [2.05, 4.69) is 4.98 Å². The lowest BCUT2D eigenvalue weighted by atomic mass is 9.81. The minimum Gasteiger partial charge on any atom is -0.423 e. The highest BCUT2D eigenvalue weighted by Gasteiger charge is 2.33. The Morgan fingerprint density at radius 1 is 1.00 bits per heavy atom. The summed E-state index contributed by atoms with van der Waals surface area (Å²) < 4.78 is 38.5. The van der Waals surface area contributed by atoms with E-state index in [9.17, 15) is 13.2 Å². The predicted octanol–water partition coefficient (Wildman–Crippen LogP) is 1.45. The van der Waals surface area contributed by atoms with E-state index < -0.39 is 18.9 Å². The molecule has 0 aliphatic carbocycles. The Bertz CT molecular complexity index is 570. The Kier molecular flexibility index (Phi) is 3.59. The van der Waals surface area contributed by atoms with Gasteiger partial charge in [-0.1, -0.05) is 24.3 Å². The van der Waals surface area contributed by atoms with E-state index in [0.29, 0.717) is 0 Å². The number of hydrogen-bond donors (Lipinski definition) is 2. The lowest BCUT2D eigenvalue weighted by molar-refractivity contribution is -0.137. The van der Waals surface area contributed by atoms with E-state index in [4.69, 9.17) is 10.0 Å². The minimum atomic E-state index is -4.46. The summed E-state index contributed by atoms with van der Waals surface area (Å²) in [6, 6.07) is 7.73. The molecule has 2 rings (SSSR count). The molecule has 0 atom stereocenters. The molecule has 19 heavy (non-hydrogen) atoms. The van der Waals surface area contributed by atoms with Crippen molar-refractivity contribution in [3.63, 3.8) is 0 Å². The molecule has 0 amide bonds. The Morgan fingerprint density at radius 3 is 2.21 bits per heavy atom. The molecule has 0 saturated heterocycles. The molecule has 0 fully saturated rings. The van der Waals surface area contributed by atoms with Crippen molar-refractivity contribution in [3.8, 4) is 11.3 Å². The van der Waals surface area contributed by atoms with Gasteiger partial charge in [0.1, 0.15) is 0 Å². The van der Waals surface area contributed by atoms with Crippen LogP contribution in [0.1, 0.15) is 5.56 Å². The zero-order chi connectivity index (χ0) is 14.0. The number of alkyl halides is 3. The van der Waals surface area contributed by atoms with Crippen molar-refractivity contribution < 1.29 is 23.2 Å². The summed E-state index contributed by atoms with van der Waals surface area (Å²) in [7, 11) is -1.69. The average Bonchev–Trinajstić information content (AvgIpc) is 2.38. The normalized spacial score (nSPS) is 11.4. The SMILES string of the molecule is OB(O)c1ccc(-c2ccccc2C(F)(F)F)nc1. The molecule has 0 radical (unpaired) electrons. The Morgan fingerprint density at radius 2 is 1.68 bits per heavy atom. The van der Waals surface area contributed by atoms with Crippen LogP contribution in [0.25, 0.3) is 11.3 Å². The van der Waals surface area contributed by atoms with E-state index in [1.54, 1.807) is 0 Å². The number of pyridine rings is 1. The zero-order valence-corrected chi connectivity index (χ0v) is 9.59. The minimum absolute atomic E-state index is 0.0472. The quantitative estimate of drug-likeness (QED) is 0.809. The lowest BCUT2D eigenvalue weighted by Gasteiger charge is -2.12. The standard InChI is InChI=1S/C12H9BF3NO2/c14-12(15,16)10-4-2-1-3-9(10)11-6-5-8(7-17-11)13(18)19/h1-7,18-19H. The van der Waals surface area contributed by atoms with Crippen LogP contribution in [0.5, 0.6) is 0 Å². The topological polar surface area (TPSA) is 53.4 Å². The zero-order valence-electron chi connectivity index (χ0n) is 9.59. The maximum absolute atomic E-state index is 12.8. The van der Waals surface area contributed by atoms with Gasteiger partial charge < -0.3 is 10.0 Å². The van der Waals surface area contributed by atoms with Gasteiger partial charge in [0.15, 0.2) is 0 Å². The first-order valence-corrected chi connectivity index (χ1v) is 5.38. The number of rotatable bonds is 2. The lowest BCUT2D eigenvalue weighted by Crippen LogP contribution is -2.29. The van der Waals surface area contributed by atoms with E-state index in [1.807, 2.05) is 0 Å².